The number of fused-ring (bicyclic) bond motifs is 1. The lowest BCUT2D eigenvalue weighted by Crippen LogP contribution is -2.04. The molecule has 1 heterocycles. The van der Waals surface area contributed by atoms with E-state index in [1.807, 2.05) is 6.92 Å². The van der Waals surface area contributed by atoms with E-state index >= 15 is 0 Å². The van der Waals surface area contributed by atoms with E-state index < -0.39 is 0 Å². The summed E-state index contributed by atoms with van der Waals surface area (Å²) in [5.41, 5.74) is 5.78. The number of halogens is 2. The molecule has 2 nitrogen and oxygen atoms in total. The zero-order valence-corrected chi connectivity index (χ0v) is 15.1. The summed E-state index contributed by atoms with van der Waals surface area (Å²) >= 11 is 8.69. The quantitative estimate of drug-likeness (QED) is 0.400. The third-order valence-electron chi connectivity index (χ3n) is 3.82. The van der Waals surface area contributed by atoms with E-state index in [4.69, 9.17) is 16.6 Å². The molecule has 0 bridgehead atoms. The number of aryl methyl sites for hydroxylation is 1. The van der Waals surface area contributed by atoms with Crippen molar-refractivity contribution < 1.29 is 0 Å². The maximum absolute atomic E-state index is 6.38. The van der Waals surface area contributed by atoms with Gasteiger partial charge in [0, 0.05) is 3.57 Å². The Morgan fingerprint density at radius 2 is 1.95 bits per heavy atom. The molecule has 1 unspecified atom stereocenters. The van der Waals surface area contributed by atoms with Crippen molar-refractivity contribution in [3.63, 3.8) is 0 Å². The van der Waals surface area contributed by atoms with E-state index in [1.165, 1.54) is 14.7 Å². The number of aromatic nitrogens is 2. The molecule has 2 aromatic carbocycles. The Morgan fingerprint density at radius 3 is 2.67 bits per heavy atom. The van der Waals surface area contributed by atoms with Gasteiger partial charge in [-0.25, -0.2) is 4.98 Å². The van der Waals surface area contributed by atoms with Gasteiger partial charge >= 0.3 is 0 Å². The fourth-order valence-corrected chi connectivity index (χ4v) is 3.19. The Morgan fingerprint density at radius 1 is 1.19 bits per heavy atom. The van der Waals surface area contributed by atoms with Crippen LogP contribution in [0, 0.1) is 17.4 Å². The van der Waals surface area contributed by atoms with Crippen LogP contribution in [0.1, 0.15) is 29.3 Å². The van der Waals surface area contributed by atoms with Gasteiger partial charge in [0.25, 0.3) is 0 Å². The summed E-state index contributed by atoms with van der Waals surface area (Å²) < 4.78 is 3.37. The highest BCUT2D eigenvalue weighted by atomic mass is 127. The molecule has 3 aromatic rings. The van der Waals surface area contributed by atoms with E-state index in [9.17, 15) is 0 Å². The molecule has 1 aromatic heterocycles. The van der Waals surface area contributed by atoms with Crippen molar-refractivity contribution >= 4 is 45.2 Å². The smallest absolute Gasteiger partial charge is 0.132 e. The van der Waals surface area contributed by atoms with E-state index in [0.29, 0.717) is 0 Å². The minimum absolute atomic E-state index is 0.144. The van der Waals surface area contributed by atoms with Crippen molar-refractivity contribution in [3.05, 3.63) is 56.9 Å². The second kappa shape index (κ2) is 5.61. The van der Waals surface area contributed by atoms with Crippen LogP contribution in [0.3, 0.4) is 0 Å². The number of imidazole rings is 1. The number of hydrogen-bond acceptors (Lipinski definition) is 1. The molecule has 3 rings (SSSR count). The van der Waals surface area contributed by atoms with Crippen LogP contribution >= 0.6 is 34.2 Å². The van der Waals surface area contributed by atoms with E-state index in [2.05, 4.69) is 77.4 Å². The lowest BCUT2D eigenvalue weighted by Gasteiger charge is -2.14. The minimum atomic E-state index is -0.144. The van der Waals surface area contributed by atoms with Crippen molar-refractivity contribution in [1.82, 2.24) is 9.55 Å². The van der Waals surface area contributed by atoms with Gasteiger partial charge in [-0.15, -0.1) is 11.6 Å². The Labute approximate surface area is 143 Å². The first-order valence-electron chi connectivity index (χ1n) is 6.87. The molecule has 0 spiro atoms. The van der Waals surface area contributed by atoms with E-state index in [-0.39, 0.29) is 5.38 Å². The topological polar surface area (TPSA) is 17.8 Å². The number of hydrogen-bond donors (Lipinski definition) is 0. The van der Waals surface area contributed by atoms with Gasteiger partial charge < -0.3 is 0 Å². The molecular weight excluding hydrogens is 395 g/mol. The fourth-order valence-electron chi connectivity index (χ4n) is 2.57. The largest absolute Gasteiger partial charge is 0.295 e. The fraction of sp³-hybridized carbons (Fsp3) is 0.235. The summed E-state index contributed by atoms with van der Waals surface area (Å²) in [5.74, 6) is 0.891. The Bertz CT molecular complexity index is 821. The summed E-state index contributed by atoms with van der Waals surface area (Å²) in [4.78, 5) is 4.75. The molecule has 0 radical (unpaired) electrons. The molecule has 0 saturated heterocycles. The van der Waals surface area contributed by atoms with Crippen LogP contribution in [0.4, 0.5) is 0 Å². The van der Waals surface area contributed by atoms with Gasteiger partial charge in [0.15, 0.2) is 0 Å². The van der Waals surface area contributed by atoms with Gasteiger partial charge in [-0.05, 0) is 78.8 Å². The molecule has 4 heteroatoms. The predicted octanol–water partition coefficient (Wildman–Crippen LogP) is 5.55. The second-order valence-corrected chi connectivity index (χ2v) is 7.17. The summed E-state index contributed by atoms with van der Waals surface area (Å²) in [6.45, 7) is 6.24. The van der Waals surface area contributed by atoms with Crippen molar-refractivity contribution in [1.29, 1.82) is 0 Å². The first-order valence-corrected chi connectivity index (χ1v) is 8.39. The third kappa shape index (κ3) is 2.57. The van der Waals surface area contributed by atoms with Crippen LogP contribution in [0.25, 0.3) is 16.7 Å². The van der Waals surface area contributed by atoms with Crippen molar-refractivity contribution in [2.24, 2.45) is 0 Å². The van der Waals surface area contributed by atoms with Crippen molar-refractivity contribution in [2.45, 2.75) is 26.1 Å². The van der Waals surface area contributed by atoms with Crippen molar-refractivity contribution in [2.75, 3.05) is 0 Å². The van der Waals surface area contributed by atoms with Crippen LogP contribution in [0.2, 0.25) is 0 Å². The Kier molecular flexibility index (Phi) is 3.97. The minimum Gasteiger partial charge on any atom is -0.295 e. The van der Waals surface area contributed by atoms with Crippen LogP contribution in [0.5, 0.6) is 0 Å². The van der Waals surface area contributed by atoms with E-state index in [1.54, 1.807) is 0 Å². The van der Waals surface area contributed by atoms with E-state index in [0.717, 1.165) is 22.5 Å². The lowest BCUT2D eigenvalue weighted by molar-refractivity contribution is 0.877. The van der Waals surface area contributed by atoms with Gasteiger partial charge in [0.2, 0.25) is 0 Å². The molecular formula is C17H16ClIN2. The van der Waals surface area contributed by atoms with Gasteiger partial charge in [-0.2, -0.15) is 0 Å². The molecule has 108 valence electrons. The monoisotopic (exact) mass is 410 g/mol. The van der Waals surface area contributed by atoms with Gasteiger partial charge in [0.1, 0.15) is 5.82 Å². The normalized spacial score (nSPS) is 12.8. The second-order valence-electron chi connectivity index (χ2n) is 5.27. The summed E-state index contributed by atoms with van der Waals surface area (Å²) in [6.07, 6.45) is 0. The van der Waals surface area contributed by atoms with Crippen molar-refractivity contribution in [3.8, 4) is 5.69 Å². The van der Waals surface area contributed by atoms with Gasteiger partial charge in [0.05, 0.1) is 22.1 Å². The molecule has 0 fully saturated rings. The Balaban J connectivity index is 2.39. The highest BCUT2D eigenvalue weighted by molar-refractivity contribution is 14.1. The highest BCUT2D eigenvalue weighted by Gasteiger charge is 2.18. The SMILES string of the molecule is Cc1cccc(-n2c(C(C)Cl)nc3cc(I)ccc32)c1C. The van der Waals surface area contributed by atoms with Crippen LogP contribution in [-0.4, -0.2) is 9.55 Å². The zero-order valence-electron chi connectivity index (χ0n) is 12.2. The van der Waals surface area contributed by atoms with Gasteiger partial charge in [-0.1, -0.05) is 12.1 Å². The maximum atomic E-state index is 6.38. The Hall–Kier alpha value is -1.07. The average molecular weight is 411 g/mol. The highest BCUT2D eigenvalue weighted by Crippen LogP contribution is 2.30. The van der Waals surface area contributed by atoms with Crippen LogP contribution < -0.4 is 0 Å². The number of rotatable bonds is 2. The molecule has 1 atom stereocenters. The molecule has 0 aliphatic heterocycles. The molecule has 0 aliphatic rings. The molecule has 0 aliphatic carbocycles. The molecule has 21 heavy (non-hydrogen) atoms. The summed E-state index contributed by atoms with van der Waals surface area (Å²) in [7, 11) is 0. The zero-order chi connectivity index (χ0) is 15.1. The molecule has 0 amide bonds. The van der Waals surface area contributed by atoms with Crippen LogP contribution in [-0.2, 0) is 0 Å². The summed E-state index contributed by atoms with van der Waals surface area (Å²) in [5, 5.41) is -0.144. The average Bonchev–Trinajstić information content (AvgIpc) is 2.80. The molecule has 0 saturated carbocycles. The lowest BCUT2D eigenvalue weighted by atomic mass is 10.1. The number of benzene rings is 2. The first kappa shape index (κ1) is 14.9. The third-order valence-corrected chi connectivity index (χ3v) is 4.68. The number of alkyl halides is 1. The predicted molar refractivity (Wildman–Crippen MR) is 97.5 cm³/mol. The van der Waals surface area contributed by atoms with Crippen LogP contribution in [0.15, 0.2) is 36.4 Å². The number of nitrogens with zero attached hydrogens (tertiary/aromatic N) is 2. The standard InChI is InChI=1S/C17H16ClIN2/c1-10-5-4-6-15(11(10)2)21-16-8-7-13(19)9-14(16)20-17(21)12(3)18/h4-9,12H,1-3H3. The molecule has 0 N–H and O–H groups in total. The van der Waals surface area contributed by atoms with Gasteiger partial charge in [-0.3, -0.25) is 4.57 Å². The summed E-state index contributed by atoms with van der Waals surface area (Å²) in [6, 6.07) is 12.7. The maximum Gasteiger partial charge on any atom is 0.132 e. The first-order chi connectivity index (χ1) is 9.99.